The third kappa shape index (κ3) is 4.47. The topological polar surface area (TPSA) is 74.8 Å². The third-order valence-corrected chi connectivity index (χ3v) is 7.14. The van der Waals surface area contributed by atoms with Crippen LogP contribution in [0.2, 0.25) is 0 Å². The van der Waals surface area contributed by atoms with Crippen LogP contribution < -0.4 is 10.2 Å². The highest BCUT2D eigenvalue weighted by Gasteiger charge is 2.27. The number of ether oxygens (including phenoxy) is 1. The van der Waals surface area contributed by atoms with Crippen molar-refractivity contribution in [1.82, 2.24) is 9.88 Å². The summed E-state index contributed by atoms with van der Waals surface area (Å²) in [5.74, 6) is -0.0709. The molecule has 1 N–H and O–H groups in total. The zero-order valence-electron chi connectivity index (χ0n) is 17.8. The number of benzene rings is 2. The number of piperidine rings is 1. The molecule has 0 aliphatic carbocycles. The molecule has 166 valence electrons. The van der Waals surface area contributed by atoms with Crippen molar-refractivity contribution in [3.8, 4) is 0 Å². The van der Waals surface area contributed by atoms with Gasteiger partial charge in [-0.15, -0.1) is 0 Å². The first-order valence-corrected chi connectivity index (χ1v) is 11.9. The number of thiazole rings is 1. The van der Waals surface area contributed by atoms with Gasteiger partial charge in [-0.2, -0.15) is 0 Å². The van der Waals surface area contributed by atoms with Crippen LogP contribution in [-0.2, 0) is 9.53 Å². The predicted molar refractivity (Wildman–Crippen MR) is 126 cm³/mol. The molecule has 2 aromatic carbocycles. The Morgan fingerprint density at radius 1 is 1.03 bits per heavy atom. The lowest BCUT2D eigenvalue weighted by Crippen LogP contribution is -2.41. The zero-order chi connectivity index (χ0) is 21.9. The molecule has 7 nitrogen and oxygen atoms in total. The SMILES string of the molecule is O=C(Nc1ccc(C(=O)N2CCOCC2)cc1)C1CCCN(c2nc3ccccc3s2)C1. The van der Waals surface area contributed by atoms with Crippen LogP contribution in [0.25, 0.3) is 10.2 Å². The van der Waals surface area contributed by atoms with Gasteiger partial charge in [-0.1, -0.05) is 23.5 Å². The molecule has 8 heteroatoms. The van der Waals surface area contributed by atoms with E-state index in [1.165, 1.54) is 4.70 Å². The van der Waals surface area contributed by atoms with Gasteiger partial charge in [0, 0.05) is 37.4 Å². The van der Waals surface area contributed by atoms with E-state index in [4.69, 9.17) is 9.72 Å². The van der Waals surface area contributed by atoms with E-state index < -0.39 is 0 Å². The van der Waals surface area contributed by atoms with Gasteiger partial charge in [-0.25, -0.2) is 4.98 Å². The molecular formula is C24H26N4O3S. The number of aromatic nitrogens is 1. The van der Waals surface area contributed by atoms with Gasteiger partial charge in [0.05, 0.1) is 29.3 Å². The molecule has 3 heterocycles. The zero-order valence-corrected chi connectivity index (χ0v) is 18.6. The standard InChI is InChI=1S/C24H26N4O3S/c29-22(25-19-9-7-17(8-10-19)23(30)27-12-14-31-15-13-27)18-4-3-11-28(16-18)24-26-20-5-1-2-6-21(20)32-24/h1-2,5-10,18H,3-4,11-16H2,(H,25,29). The smallest absolute Gasteiger partial charge is 0.254 e. The van der Waals surface area contributed by atoms with Gasteiger partial charge in [0.1, 0.15) is 0 Å². The Bertz CT molecular complexity index is 1070. The number of morpholine rings is 1. The average molecular weight is 451 g/mol. The second-order valence-corrected chi connectivity index (χ2v) is 9.23. The number of carbonyl (C=O) groups is 2. The summed E-state index contributed by atoms with van der Waals surface area (Å²) in [4.78, 5) is 34.3. The normalized spacial score (nSPS) is 19.2. The lowest BCUT2D eigenvalue weighted by Gasteiger charge is -2.31. The quantitative estimate of drug-likeness (QED) is 0.657. The summed E-state index contributed by atoms with van der Waals surface area (Å²) in [6.45, 7) is 3.97. The van der Waals surface area contributed by atoms with Crippen LogP contribution in [0.5, 0.6) is 0 Å². The number of nitrogens with zero attached hydrogens (tertiary/aromatic N) is 3. The molecule has 0 bridgehead atoms. The number of hydrogen-bond acceptors (Lipinski definition) is 6. The maximum Gasteiger partial charge on any atom is 0.254 e. The van der Waals surface area contributed by atoms with Crippen LogP contribution in [0.15, 0.2) is 48.5 Å². The number of amides is 2. The van der Waals surface area contributed by atoms with Gasteiger partial charge in [-0.05, 0) is 49.2 Å². The van der Waals surface area contributed by atoms with Crippen molar-refractivity contribution >= 4 is 44.2 Å². The lowest BCUT2D eigenvalue weighted by molar-refractivity contribution is -0.120. The number of nitrogens with one attached hydrogen (secondary N) is 1. The molecule has 5 rings (SSSR count). The van der Waals surface area contributed by atoms with E-state index in [0.717, 1.165) is 30.0 Å². The molecule has 2 amide bonds. The van der Waals surface area contributed by atoms with Gasteiger partial charge < -0.3 is 19.9 Å². The molecule has 0 saturated carbocycles. The summed E-state index contributed by atoms with van der Waals surface area (Å²) in [5, 5.41) is 4.01. The van der Waals surface area contributed by atoms with E-state index in [1.54, 1.807) is 40.5 Å². The first-order valence-electron chi connectivity index (χ1n) is 11.1. The van der Waals surface area contributed by atoms with E-state index >= 15 is 0 Å². The van der Waals surface area contributed by atoms with E-state index in [1.807, 2.05) is 18.2 Å². The highest BCUT2D eigenvalue weighted by molar-refractivity contribution is 7.22. The summed E-state index contributed by atoms with van der Waals surface area (Å²) in [6.07, 6.45) is 1.82. The second-order valence-electron chi connectivity index (χ2n) is 8.22. The fourth-order valence-corrected chi connectivity index (χ4v) is 5.25. The summed E-state index contributed by atoms with van der Waals surface area (Å²) >= 11 is 1.68. The second kappa shape index (κ2) is 9.26. The van der Waals surface area contributed by atoms with Crippen molar-refractivity contribution in [2.45, 2.75) is 12.8 Å². The molecule has 3 aromatic rings. The van der Waals surface area contributed by atoms with Crippen LogP contribution in [0.4, 0.5) is 10.8 Å². The molecule has 0 radical (unpaired) electrons. The molecule has 2 fully saturated rings. The molecule has 2 aliphatic rings. The van der Waals surface area contributed by atoms with Crippen molar-refractivity contribution in [2.24, 2.45) is 5.92 Å². The molecule has 1 aromatic heterocycles. The minimum absolute atomic E-state index is 0.00457. The minimum atomic E-state index is -0.0922. The Kier molecular flexibility index (Phi) is 6.05. The number of carbonyl (C=O) groups excluding carboxylic acids is 2. The van der Waals surface area contributed by atoms with Crippen LogP contribution in [0.1, 0.15) is 23.2 Å². The predicted octanol–water partition coefficient (Wildman–Crippen LogP) is 3.62. The number of fused-ring (bicyclic) bond motifs is 1. The van der Waals surface area contributed by atoms with Gasteiger partial charge >= 0.3 is 0 Å². The summed E-state index contributed by atoms with van der Waals surface area (Å²) in [7, 11) is 0. The van der Waals surface area contributed by atoms with Crippen molar-refractivity contribution in [1.29, 1.82) is 0 Å². The fourth-order valence-electron chi connectivity index (χ4n) is 4.25. The summed E-state index contributed by atoms with van der Waals surface area (Å²) in [6, 6.07) is 15.3. The summed E-state index contributed by atoms with van der Waals surface area (Å²) in [5.41, 5.74) is 2.35. The van der Waals surface area contributed by atoms with Crippen LogP contribution in [-0.4, -0.2) is 61.1 Å². The molecule has 2 saturated heterocycles. The third-order valence-electron chi connectivity index (χ3n) is 6.04. The van der Waals surface area contributed by atoms with Crippen molar-refractivity contribution in [3.63, 3.8) is 0 Å². The van der Waals surface area contributed by atoms with Crippen LogP contribution in [0, 0.1) is 5.92 Å². The number of hydrogen-bond donors (Lipinski definition) is 1. The largest absolute Gasteiger partial charge is 0.378 e. The molecule has 1 unspecified atom stereocenters. The van der Waals surface area contributed by atoms with Gasteiger partial charge in [-0.3, -0.25) is 9.59 Å². The fraction of sp³-hybridized carbons (Fsp3) is 0.375. The molecule has 0 spiro atoms. The first kappa shape index (κ1) is 20.9. The Morgan fingerprint density at radius 2 is 1.81 bits per heavy atom. The Balaban J connectivity index is 1.21. The van der Waals surface area contributed by atoms with Gasteiger partial charge in [0.25, 0.3) is 5.91 Å². The monoisotopic (exact) mass is 450 g/mol. The maximum absolute atomic E-state index is 12.9. The van der Waals surface area contributed by atoms with Crippen molar-refractivity contribution in [3.05, 3.63) is 54.1 Å². The average Bonchev–Trinajstić information content (AvgIpc) is 3.29. The lowest BCUT2D eigenvalue weighted by atomic mass is 9.97. The van der Waals surface area contributed by atoms with E-state index in [0.29, 0.717) is 44.1 Å². The summed E-state index contributed by atoms with van der Waals surface area (Å²) < 4.78 is 6.48. The molecule has 32 heavy (non-hydrogen) atoms. The molecule has 1 atom stereocenters. The Morgan fingerprint density at radius 3 is 2.59 bits per heavy atom. The highest BCUT2D eigenvalue weighted by Crippen LogP contribution is 2.31. The molecular weight excluding hydrogens is 424 g/mol. The van der Waals surface area contributed by atoms with Crippen LogP contribution in [0.3, 0.4) is 0 Å². The van der Waals surface area contributed by atoms with E-state index in [9.17, 15) is 9.59 Å². The number of rotatable bonds is 4. The van der Waals surface area contributed by atoms with E-state index in [2.05, 4.69) is 16.3 Å². The molecule has 2 aliphatic heterocycles. The van der Waals surface area contributed by atoms with Gasteiger partial charge in [0.15, 0.2) is 5.13 Å². The van der Waals surface area contributed by atoms with E-state index in [-0.39, 0.29) is 17.7 Å². The van der Waals surface area contributed by atoms with Crippen LogP contribution >= 0.6 is 11.3 Å². The highest BCUT2D eigenvalue weighted by atomic mass is 32.1. The Hall–Kier alpha value is -2.97. The number of anilines is 2. The first-order chi connectivity index (χ1) is 15.7. The van der Waals surface area contributed by atoms with Crippen molar-refractivity contribution < 1.29 is 14.3 Å². The van der Waals surface area contributed by atoms with Crippen molar-refractivity contribution in [2.75, 3.05) is 49.6 Å². The maximum atomic E-state index is 12.9. The van der Waals surface area contributed by atoms with Gasteiger partial charge in [0.2, 0.25) is 5.91 Å². The Labute approximate surface area is 191 Å². The minimum Gasteiger partial charge on any atom is -0.378 e. The number of para-hydroxylation sites is 1.